The van der Waals surface area contributed by atoms with Crippen molar-refractivity contribution in [3.63, 3.8) is 0 Å². The summed E-state index contributed by atoms with van der Waals surface area (Å²) in [4.78, 5) is 15.6. The van der Waals surface area contributed by atoms with Gasteiger partial charge < -0.3 is 0 Å². The van der Waals surface area contributed by atoms with Crippen LogP contribution >= 0.6 is 34.5 Å². The molecule has 0 amide bonds. The van der Waals surface area contributed by atoms with E-state index >= 15 is 0 Å². The van der Waals surface area contributed by atoms with Gasteiger partial charge >= 0.3 is 0 Å². The Bertz CT molecular complexity index is 1190. The van der Waals surface area contributed by atoms with Crippen molar-refractivity contribution < 1.29 is 0 Å². The van der Waals surface area contributed by atoms with Gasteiger partial charge in [-0.25, -0.2) is 0 Å². The molecule has 1 aromatic heterocycles. The average molecular weight is 529 g/mol. The van der Waals surface area contributed by atoms with Crippen molar-refractivity contribution in [2.24, 2.45) is 10.3 Å². The van der Waals surface area contributed by atoms with Gasteiger partial charge in [-0.2, -0.15) is 0 Å². The van der Waals surface area contributed by atoms with Crippen LogP contribution < -0.4 is 5.43 Å². The van der Waals surface area contributed by atoms with Crippen molar-refractivity contribution in [1.82, 2.24) is 5.43 Å². The first kappa shape index (κ1) is 27.1. The summed E-state index contributed by atoms with van der Waals surface area (Å²) in [5.41, 5.74) is 9.99. The molecule has 1 N–H and O–H groups in total. The highest BCUT2D eigenvalue weighted by Crippen LogP contribution is 2.38. The van der Waals surface area contributed by atoms with E-state index in [9.17, 15) is 4.91 Å². The molecule has 0 saturated carbocycles. The molecule has 1 aliphatic carbocycles. The molecular formula is C28H31Cl2N3OS. The third-order valence-electron chi connectivity index (χ3n) is 5.97. The first-order chi connectivity index (χ1) is 16.9. The summed E-state index contributed by atoms with van der Waals surface area (Å²) in [7, 11) is 0. The highest BCUT2D eigenvalue weighted by Gasteiger charge is 2.26. The van der Waals surface area contributed by atoms with E-state index in [1.807, 2.05) is 56.3 Å². The molecule has 2 aromatic carbocycles. The number of nitrogens with one attached hydrogen (secondary N) is 1. The van der Waals surface area contributed by atoms with Crippen molar-refractivity contribution in [2.75, 3.05) is 0 Å². The van der Waals surface area contributed by atoms with Crippen LogP contribution in [-0.4, -0.2) is 5.71 Å². The van der Waals surface area contributed by atoms with Crippen LogP contribution in [0.25, 0.3) is 0 Å². The fourth-order valence-electron chi connectivity index (χ4n) is 3.81. The largest absolute Gasteiger partial charge is 0.267 e. The third-order valence-corrected chi connectivity index (χ3v) is 7.61. The van der Waals surface area contributed by atoms with Gasteiger partial charge in [0.25, 0.3) is 0 Å². The smallest absolute Gasteiger partial charge is 0.0935 e. The summed E-state index contributed by atoms with van der Waals surface area (Å²) in [5, 5.41) is 3.49. The number of nitrogens with zero attached hydrogens (tertiary/aromatic N) is 2. The van der Waals surface area contributed by atoms with E-state index in [0.29, 0.717) is 0 Å². The number of thiophene rings is 1. The first-order valence-electron chi connectivity index (χ1n) is 11.9. The minimum absolute atomic E-state index is 0.00583. The summed E-state index contributed by atoms with van der Waals surface area (Å²) < 4.78 is 0.854. The number of allylic oxidation sites excluding steroid dienone is 2. The summed E-state index contributed by atoms with van der Waals surface area (Å²) >= 11 is 13.4. The SMILES string of the molecule is CCc1ccc(C)c(Cl)c1.C[C@@H](NN=O)c1ccccc1.Clc1ccc(C2=NC3=C2CCCC3)s1. The van der Waals surface area contributed by atoms with Crippen LogP contribution in [0.4, 0.5) is 0 Å². The summed E-state index contributed by atoms with van der Waals surface area (Å²) in [5.74, 6) is 0. The Hall–Kier alpha value is -2.47. The van der Waals surface area contributed by atoms with Crippen molar-refractivity contribution in [3.05, 3.63) is 108 Å². The summed E-state index contributed by atoms with van der Waals surface area (Å²) in [6, 6.07) is 19.9. The predicted octanol–water partition coefficient (Wildman–Crippen LogP) is 9.26. The van der Waals surface area contributed by atoms with Crippen LogP contribution in [0, 0.1) is 11.8 Å². The van der Waals surface area contributed by atoms with Crippen molar-refractivity contribution in [3.8, 4) is 0 Å². The van der Waals surface area contributed by atoms with Crippen molar-refractivity contribution >= 4 is 40.3 Å². The molecule has 0 saturated heterocycles. The van der Waals surface area contributed by atoms with E-state index < -0.39 is 0 Å². The van der Waals surface area contributed by atoms with Gasteiger partial charge in [-0.15, -0.1) is 16.2 Å². The summed E-state index contributed by atoms with van der Waals surface area (Å²) in [6.07, 6.45) is 6.07. The molecule has 0 bridgehead atoms. The van der Waals surface area contributed by atoms with Gasteiger partial charge in [0.15, 0.2) is 0 Å². The minimum atomic E-state index is -0.00583. The van der Waals surface area contributed by atoms with Crippen LogP contribution in [0.2, 0.25) is 9.36 Å². The lowest BCUT2D eigenvalue weighted by Crippen LogP contribution is -2.18. The maximum absolute atomic E-state index is 9.83. The fraction of sp³-hybridized carbons (Fsp3) is 0.321. The lowest BCUT2D eigenvalue weighted by molar-refractivity contribution is 0.600. The lowest BCUT2D eigenvalue weighted by Gasteiger charge is -2.26. The van der Waals surface area contributed by atoms with Crippen LogP contribution in [-0.2, 0) is 6.42 Å². The van der Waals surface area contributed by atoms with E-state index in [2.05, 4.69) is 40.8 Å². The molecule has 0 radical (unpaired) electrons. The normalized spacial score (nSPS) is 14.7. The highest BCUT2D eigenvalue weighted by atomic mass is 35.5. The Morgan fingerprint density at radius 2 is 1.80 bits per heavy atom. The maximum Gasteiger partial charge on any atom is 0.0935 e. The third kappa shape index (κ3) is 7.76. The summed E-state index contributed by atoms with van der Waals surface area (Å²) in [6.45, 7) is 6.03. The molecule has 7 heteroatoms. The molecule has 2 aliphatic rings. The van der Waals surface area contributed by atoms with Gasteiger partial charge in [0.1, 0.15) is 0 Å². The Kier molecular flexibility index (Phi) is 10.5. The first-order valence-corrected chi connectivity index (χ1v) is 13.4. The molecule has 0 spiro atoms. The molecule has 0 fully saturated rings. The quantitative estimate of drug-likeness (QED) is 0.265. The number of hydrogen-bond donors (Lipinski definition) is 1. The molecule has 4 nitrogen and oxygen atoms in total. The van der Waals surface area contributed by atoms with E-state index in [0.717, 1.165) is 26.9 Å². The number of halogens is 2. The molecule has 184 valence electrons. The molecule has 5 rings (SSSR count). The number of aliphatic imine (C=N–C) groups is 1. The standard InChI is InChI=1S/C11H10ClNS.C9H11Cl.C8H10N2O/c12-10-6-5-9(14-10)11-7-3-1-2-4-8(7)13-11;1-3-8-5-4-7(2)9(10)6-8;1-7(9-10-11)8-5-3-2-4-6-8/h5-6H,1-4H2;4-6H,3H2,1-2H3;2-7H,1H3,(H,9,11)/t;;7-/m..1/s1. The number of benzene rings is 2. The monoisotopic (exact) mass is 527 g/mol. The molecule has 3 aromatic rings. The number of hydrogen-bond acceptors (Lipinski definition) is 4. The Labute approximate surface area is 222 Å². The predicted molar refractivity (Wildman–Crippen MR) is 151 cm³/mol. The van der Waals surface area contributed by atoms with Crippen LogP contribution in [0.15, 0.2) is 82.2 Å². The van der Waals surface area contributed by atoms with Crippen molar-refractivity contribution in [2.45, 2.75) is 58.9 Å². The van der Waals surface area contributed by atoms with E-state index in [1.54, 1.807) is 11.3 Å². The molecular weight excluding hydrogens is 497 g/mol. The zero-order valence-electron chi connectivity index (χ0n) is 20.4. The van der Waals surface area contributed by atoms with Crippen LogP contribution in [0.1, 0.15) is 67.1 Å². The van der Waals surface area contributed by atoms with Gasteiger partial charge in [-0.05, 0) is 80.8 Å². The number of nitroso groups, excluding NO2 is 1. The van der Waals surface area contributed by atoms with Crippen LogP contribution in [0.5, 0.6) is 0 Å². The Balaban J connectivity index is 0.000000150. The second-order valence-corrected chi connectivity index (χ2v) is 10.6. The Morgan fingerprint density at radius 1 is 1.06 bits per heavy atom. The van der Waals surface area contributed by atoms with E-state index in [4.69, 9.17) is 23.2 Å². The second kappa shape index (κ2) is 13.6. The average Bonchev–Trinajstić information content (AvgIpc) is 3.28. The second-order valence-electron chi connectivity index (χ2n) is 8.49. The highest BCUT2D eigenvalue weighted by molar-refractivity contribution is 7.18. The minimum Gasteiger partial charge on any atom is -0.267 e. The fourth-order valence-corrected chi connectivity index (χ4v) is 5.08. The molecule has 35 heavy (non-hydrogen) atoms. The van der Waals surface area contributed by atoms with Gasteiger partial charge in [0.05, 0.1) is 26.3 Å². The van der Waals surface area contributed by atoms with Gasteiger partial charge in [0.2, 0.25) is 0 Å². The zero-order chi connectivity index (χ0) is 25.2. The van der Waals surface area contributed by atoms with Gasteiger partial charge in [-0.1, -0.05) is 72.6 Å². The zero-order valence-corrected chi connectivity index (χ0v) is 22.7. The maximum atomic E-state index is 9.83. The van der Waals surface area contributed by atoms with E-state index in [1.165, 1.54) is 53.1 Å². The molecule has 1 aliphatic heterocycles. The van der Waals surface area contributed by atoms with Crippen LogP contribution in [0.3, 0.4) is 0 Å². The molecule has 2 heterocycles. The molecule has 0 unspecified atom stereocenters. The number of aryl methyl sites for hydroxylation is 2. The Morgan fingerprint density at radius 3 is 2.40 bits per heavy atom. The molecule has 1 atom stereocenters. The van der Waals surface area contributed by atoms with E-state index in [-0.39, 0.29) is 6.04 Å². The van der Waals surface area contributed by atoms with Gasteiger partial charge in [-0.3, -0.25) is 10.4 Å². The lowest BCUT2D eigenvalue weighted by atomic mass is 9.88. The van der Waals surface area contributed by atoms with Crippen molar-refractivity contribution in [1.29, 1.82) is 0 Å². The topological polar surface area (TPSA) is 53.8 Å². The number of rotatable bonds is 5. The van der Waals surface area contributed by atoms with Gasteiger partial charge in [0, 0.05) is 16.3 Å².